The summed E-state index contributed by atoms with van der Waals surface area (Å²) in [6.07, 6.45) is 6.11. The standard InChI is InChI=1S/C27H30Cl2N4O3/c1-36-26(8-2-5-20-15-19-16-23(28)24(29)18-25(19)31-20)27(35)30-9-4-10-32-11-13-33(14-12-32)21-6-3-7-22(34)17-21/h2-3,5-8,15-18,31,34H,4,9-14H2,1H3,(H,30,35)/b5-2+,26-8-. The molecule has 2 aromatic carbocycles. The summed E-state index contributed by atoms with van der Waals surface area (Å²) in [4.78, 5) is 20.4. The number of aromatic nitrogens is 1. The molecule has 0 unspecified atom stereocenters. The lowest BCUT2D eigenvalue weighted by molar-refractivity contribution is -0.120. The van der Waals surface area contributed by atoms with E-state index in [1.165, 1.54) is 7.11 Å². The van der Waals surface area contributed by atoms with Crippen LogP contribution in [0, 0.1) is 0 Å². The van der Waals surface area contributed by atoms with E-state index in [-0.39, 0.29) is 11.7 Å². The molecule has 1 aliphatic heterocycles. The van der Waals surface area contributed by atoms with Crippen molar-refractivity contribution >= 4 is 51.8 Å². The van der Waals surface area contributed by atoms with Crippen molar-refractivity contribution < 1.29 is 14.6 Å². The number of halogens is 2. The lowest BCUT2D eigenvalue weighted by Crippen LogP contribution is -2.47. The van der Waals surface area contributed by atoms with Crippen molar-refractivity contribution in [1.82, 2.24) is 15.2 Å². The van der Waals surface area contributed by atoms with Crippen molar-refractivity contribution in [3.63, 3.8) is 0 Å². The minimum absolute atomic E-state index is 0.244. The number of methoxy groups -OCH3 is 1. The van der Waals surface area contributed by atoms with Gasteiger partial charge in [-0.3, -0.25) is 9.69 Å². The molecule has 7 nitrogen and oxygen atoms in total. The second-order valence-corrected chi connectivity index (χ2v) is 9.44. The van der Waals surface area contributed by atoms with E-state index in [4.69, 9.17) is 27.9 Å². The highest BCUT2D eigenvalue weighted by Gasteiger charge is 2.17. The van der Waals surface area contributed by atoms with Gasteiger partial charge in [-0.2, -0.15) is 0 Å². The molecule has 1 saturated heterocycles. The number of carbonyl (C=O) groups excluding carboxylic acids is 1. The quantitative estimate of drug-likeness (QED) is 0.156. The number of amides is 1. The van der Waals surface area contributed by atoms with E-state index in [1.54, 1.807) is 30.4 Å². The van der Waals surface area contributed by atoms with Crippen LogP contribution in [0.3, 0.4) is 0 Å². The Balaban J connectivity index is 1.20. The van der Waals surface area contributed by atoms with Crippen LogP contribution in [0.2, 0.25) is 10.0 Å². The van der Waals surface area contributed by atoms with Crippen LogP contribution in [0.1, 0.15) is 12.1 Å². The normalized spacial score (nSPS) is 15.1. The summed E-state index contributed by atoms with van der Waals surface area (Å²) < 4.78 is 5.27. The Labute approximate surface area is 220 Å². The summed E-state index contributed by atoms with van der Waals surface area (Å²) in [7, 11) is 1.48. The number of phenols is 1. The fourth-order valence-electron chi connectivity index (χ4n) is 4.23. The molecular weight excluding hydrogens is 499 g/mol. The molecule has 1 aliphatic rings. The van der Waals surface area contributed by atoms with Gasteiger partial charge in [0.25, 0.3) is 5.91 Å². The number of piperazine rings is 1. The summed E-state index contributed by atoms with van der Waals surface area (Å²) >= 11 is 12.2. The molecule has 1 fully saturated rings. The summed E-state index contributed by atoms with van der Waals surface area (Å²) in [5, 5.41) is 14.6. The number of rotatable bonds is 9. The van der Waals surface area contributed by atoms with Crippen LogP contribution >= 0.6 is 23.2 Å². The van der Waals surface area contributed by atoms with Crippen molar-refractivity contribution in [1.29, 1.82) is 0 Å². The maximum Gasteiger partial charge on any atom is 0.286 e. The number of H-pyrrole nitrogens is 1. The highest BCUT2D eigenvalue weighted by Crippen LogP contribution is 2.28. The monoisotopic (exact) mass is 528 g/mol. The van der Waals surface area contributed by atoms with Crippen LogP contribution < -0.4 is 10.2 Å². The largest absolute Gasteiger partial charge is 0.508 e. The van der Waals surface area contributed by atoms with Gasteiger partial charge >= 0.3 is 0 Å². The number of phenolic OH excluding ortho intramolecular Hbond substituents is 1. The van der Waals surface area contributed by atoms with Gasteiger partial charge in [0.05, 0.1) is 17.2 Å². The zero-order valence-electron chi connectivity index (χ0n) is 20.1. The highest BCUT2D eigenvalue weighted by atomic mass is 35.5. The maximum atomic E-state index is 12.5. The van der Waals surface area contributed by atoms with Crippen LogP contribution in [0.5, 0.6) is 5.75 Å². The molecule has 0 aliphatic carbocycles. The number of hydrogen-bond donors (Lipinski definition) is 3. The van der Waals surface area contributed by atoms with Gasteiger partial charge in [0.15, 0.2) is 5.76 Å². The van der Waals surface area contributed by atoms with Gasteiger partial charge in [-0.05, 0) is 55.4 Å². The molecule has 0 spiro atoms. The Hall–Kier alpha value is -3.13. The van der Waals surface area contributed by atoms with Crippen molar-refractivity contribution in [3.05, 3.63) is 76.1 Å². The predicted octanol–water partition coefficient (Wildman–Crippen LogP) is 5.05. The molecule has 0 atom stereocenters. The van der Waals surface area contributed by atoms with E-state index in [0.717, 1.165) is 61.4 Å². The minimum Gasteiger partial charge on any atom is -0.508 e. The third-order valence-electron chi connectivity index (χ3n) is 6.15. The van der Waals surface area contributed by atoms with E-state index in [0.29, 0.717) is 22.3 Å². The number of carbonyl (C=O) groups is 1. The minimum atomic E-state index is -0.244. The SMILES string of the molecule is CO/C(=C\C=C\c1cc2cc(Cl)c(Cl)cc2[nH]1)C(=O)NCCCN1CCN(c2cccc(O)c2)CC1. The van der Waals surface area contributed by atoms with Gasteiger partial charge in [-0.25, -0.2) is 0 Å². The zero-order chi connectivity index (χ0) is 25.5. The number of benzene rings is 2. The number of nitrogens with one attached hydrogen (secondary N) is 2. The van der Waals surface area contributed by atoms with E-state index in [2.05, 4.69) is 20.1 Å². The van der Waals surface area contributed by atoms with Gasteiger partial charge in [0, 0.05) is 61.1 Å². The molecule has 0 bridgehead atoms. The molecule has 3 aromatic rings. The summed E-state index contributed by atoms with van der Waals surface area (Å²) in [5.74, 6) is 0.290. The van der Waals surface area contributed by atoms with Gasteiger partial charge in [0.2, 0.25) is 0 Å². The number of anilines is 1. The fraction of sp³-hybridized carbons (Fsp3) is 0.296. The summed E-state index contributed by atoms with van der Waals surface area (Å²) in [6, 6.07) is 12.9. The van der Waals surface area contributed by atoms with Crippen molar-refractivity contribution in [2.24, 2.45) is 0 Å². The predicted molar refractivity (Wildman–Crippen MR) is 147 cm³/mol. The number of aromatic amines is 1. The molecule has 3 N–H and O–H groups in total. The van der Waals surface area contributed by atoms with Crippen LogP contribution in [0.4, 0.5) is 5.69 Å². The second kappa shape index (κ2) is 12.2. The first-order chi connectivity index (χ1) is 17.4. The van der Waals surface area contributed by atoms with Gasteiger partial charge in [-0.1, -0.05) is 35.3 Å². The third-order valence-corrected chi connectivity index (χ3v) is 6.88. The molecule has 0 saturated carbocycles. The molecule has 1 aromatic heterocycles. The van der Waals surface area contributed by atoms with E-state index in [1.807, 2.05) is 30.3 Å². The average Bonchev–Trinajstić information content (AvgIpc) is 3.26. The molecule has 9 heteroatoms. The number of allylic oxidation sites excluding steroid dienone is 2. The topological polar surface area (TPSA) is 80.8 Å². The number of fused-ring (bicyclic) bond motifs is 1. The average molecular weight is 529 g/mol. The number of ether oxygens (including phenoxy) is 1. The van der Waals surface area contributed by atoms with Gasteiger partial charge in [0.1, 0.15) is 5.75 Å². The second-order valence-electron chi connectivity index (χ2n) is 8.63. The molecule has 0 radical (unpaired) electrons. The van der Waals surface area contributed by atoms with Crippen LogP contribution in [0.25, 0.3) is 17.0 Å². The van der Waals surface area contributed by atoms with Crippen molar-refractivity contribution in [3.8, 4) is 5.75 Å². The maximum absolute atomic E-state index is 12.5. The van der Waals surface area contributed by atoms with E-state index in [9.17, 15) is 9.90 Å². The molecular formula is C27H30Cl2N4O3. The first-order valence-corrected chi connectivity index (χ1v) is 12.6. The molecule has 4 rings (SSSR count). The molecule has 190 valence electrons. The first kappa shape index (κ1) is 25.9. The van der Waals surface area contributed by atoms with Crippen molar-refractivity contribution in [2.45, 2.75) is 6.42 Å². The zero-order valence-corrected chi connectivity index (χ0v) is 21.6. The number of nitrogens with zero attached hydrogens (tertiary/aromatic N) is 2. The first-order valence-electron chi connectivity index (χ1n) is 11.9. The van der Waals surface area contributed by atoms with Crippen LogP contribution in [-0.4, -0.2) is 67.3 Å². The number of hydrogen-bond acceptors (Lipinski definition) is 5. The molecule has 2 heterocycles. The lowest BCUT2D eigenvalue weighted by Gasteiger charge is -2.36. The third kappa shape index (κ3) is 6.75. The Morgan fingerprint density at radius 1 is 1.14 bits per heavy atom. The highest BCUT2D eigenvalue weighted by molar-refractivity contribution is 6.42. The summed E-state index contributed by atoms with van der Waals surface area (Å²) in [5.41, 5.74) is 2.80. The van der Waals surface area contributed by atoms with E-state index < -0.39 is 0 Å². The Morgan fingerprint density at radius 2 is 1.92 bits per heavy atom. The van der Waals surface area contributed by atoms with Crippen LogP contribution in [-0.2, 0) is 9.53 Å². The number of aromatic hydroxyl groups is 1. The summed E-state index contributed by atoms with van der Waals surface area (Å²) in [6.45, 7) is 5.20. The Morgan fingerprint density at radius 3 is 2.67 bits per heavy atom. The van der Waals surface area contributed by atoms with Crippen molar-refractivity contribution in [2.75, 3.05) is 51.3 Å². The molecule has 36 heavy (non-hydrogen) atoms. The molecule has 1 amide bonds. The van der Waals surface area contributed by atoms with Gasteiger partial charge in [-0.15, -0.1) is 0 Å². The van der Waals surface area contributed by atoms with Crippen LogP contribution in [0.15, 0.2) is 60.4 Å². The fourth-order valence-corrected chi connectivity index (χ4v) is 4.56. The van der Waals surface area contributed by atoms with Gasteiger partial charge < -0.3 is 25.0 Å². The smallest absolute Gasteiger partial charge is 0.286 e. The Bertz CT molecular complexity index is 1220. The Kier molecular flexibility index (Phi) is 8.80. The lowest BCUT2D eigenvalue weighted by atomic mass is 10.2. The van der Waals surface area contributed by atoms with E-state index >= 15 is 0 Å².